The predicted molar refractivity (Wildman–Crippen MR) is 74.5 cm³/mol. The number of hydrogen-bond acceptors (Lipinski definition) is 2. The van der Waals surface area contributed by atoms with Gasteiger partial charge in [0.2, 0.25) is 5.82 Å². The number of phenolic OH excluding ortho intramolecular Hbond substituents is 1. The predicted octanol–water partition coefficient (Wildman–Crippen LogP) is 4.30. The Labute approximate surface area is 131 Å². The third-order valence-corrected chi connectivity index (χ3v) is 3.64. The van der Waals surface area contributed by atoms with Crippen LogP contribution in [0.15, 0.2) is 18.3 Å². The molecule has 0 bridgehead atoms. The molecule has 0 spiro atoms. The second-order valence-electron chi connectivity index (χ2n) is 4.98. The average Bonchev–Trinajstić information content (AvgIpc) is 2.98. The van der Waals surface area contributed by atoms with Crippen molar-refractivity contribution in [2.75, 3.05) is 0 Å². The summed E-state index contributed by atoms with van der Waals surface area (Å²) in [6, 6.07) is 3.94. The number of benzene rings is 2. The molecule has 0 fully saturated rings. The van der Waals surface area contributed by atoms with Gasteiger partial charge in [0.05, 0.1) is 23.6 Å². The van der Waals surface area contributed by atoms with Crippen LogP contribution in [-0.2, 0) is 6.42 Å². The maximum atomic E-state index is 14.0. The lowest BCUT2D eigenvalue weighted by atomic mass is 9.99. The van der Waals surface area contributed by atoms with Crippen molar-refractivity contribution in [1.82, 2.24) is 4.98 Å². The second kappa shape index (κ2) is 5.53. The van der Waals surface area contributed by atoms with E-state index in [1.165, 1.54) is 6.20 Å². The van der Waals surface area contributed by atoms with Gasteiger partial charge < -0.3 is 10.1 Å². The van der Waals surface area contributed by atoms with Gasteiger partial charge in [-0.25, -0.2) is 22.0 Å². The number of rotatable bonds is 2. The lowest BCUT2D eigenvalue weighted by molar-refractivity contribution is 0.381. The van der Waals surface area contributed by atoms with Crippen LogP contribution < -0.4 is 0 Å². The topological polar surface area (TPSA) is 59.8 Å². The summed E-state index contributed by atoms with van der Waals surface area (Å²) < 4.78 is 68.1. The minimum Gasteiger partial charge on any atom is -0.507 e. The molecule has 1 aromatic heterocycles. The van der Waals surface area contributed by atoms with Crippen LogP contribution in [0.4, 0.5) is 22.0 Å². The van der Waals surface area contributed by atoms with Crippen molar-refractivity contribution in [3.63, 3.8) is 0 Å². The van der Waals surface area contributed by atoms with E-state index in [1.807, 2.05) is 6.07 Å². The zero-order chi connectivity index (χ0) is 17.6. The molecule has 122 valence electrons. The number of H-pyrrole nitrogens is 1. The zero-order valence-corrected chi connectivity index (χ0v) is 11.7. The molecule has 1 heterocycles. The highest BCUT2D eigenvalue weighted by Crippen LogP contribution is 2.39. The Hall–Kier alpha value is -3.08. The van der Waals surface area contributed by atoms with Crippen molar-refractivity contribution in [2.45, 2.75) is 6.42 Å². The summed E-state index contributed by atoms with van der Waals surface area (Å²) in [6.07, 6.45) is 1.21. The number of nitrogens with one attached hydrogen (secondary N) is 1. The van der Waals surface area contributed by atoms with Gasteiger partial charge in [-0.1, -0.05) is 0 Å². The first-order chi connectivity index (χ1) is 11.4. The molecule has 0 amide bonds. The lowest BCUT2D eigenvalue weighted by Gasteiger charge is -2.10. The van der Waals surface area contributed by atoms with Crippen molar-refractivity contribution in [3.05, 3.63) is 53.0 Å². The monoisotopic (exact) mass is 338 g/mol. The van der Waals surface area contributed by atoms with E-state index in [-0.39, 0.29) is 28.6 Å². The molecule has 0 aliphatic heterocycles. The molecule has 0 aliphatic rings. The SMILES string of the molecule is N#CCc1c[nH]c2c(-c3c(F)c(F)c(F)c(F)c3F)ccc(O)c12. The number of fused-ring (bicyclic) bond motifs is 1. The molecule has 0 unspecified atom stereocenters. The van der Waals surface area contributed by atoms with Crippen LogP contribution in [-0.4, -0.2) is 10.1 Å². The first kappa shape index (κ1) is 15.8. The highest BCUT2D eigenvalue weighted by atomic mass is 19.2. The van der Waals surface area contributed by atoms with Crippen LogP contribution >= 0.6 is 0 Å². The molecule has 0 radical (unpaired) electrons. The van der Waals surface area contributed by atoms with E-state index in [0.717, 1.165) is 12.1 Å². The smallest absolute Gasteiger partial charge is 0.200 e. The van der Waals surface area contributed by atoms with Gasteiger partial charge in [-0.15, -0.1) is 0 Å². The van der Waals surface area contributed by atoms with Crippen LogP contribution in [0.5, 0.6) is 5.75 Å². The van der Waals surface area contributed by atoms with Gasteiger partial charge in [0.25, 0.3) is 0 Å². The highest BCUT2D eigenvalue weighted by molar-refractivity contribution is 6.00. The molecule has 0 saturated heterocycles. The molecule has 24 heavy (non-hydrogen) atoms. The highest BCUT2D eigenvalue weighted by Gasteiger charge is 2.28. The summed E-state index contributed by atoms with van der Waals surface area (Å²) in [5.41, 5.74) is -1.14. The Morgan fingerprint density at radius 2 is 1.54 bits per heavy atom. The number of aromatic amines is 1. The minimum atomic E-state index is -2.25. The molecule has 3 nitrogen and oxygen atoms in total. The van der Waals surface area contributed by atoms with Crippen molar-refractivity contribution >= 4 is 10.9 Å². The quantitative estimate of drug-likeness (QED) is 0.416. The van der Waals surface area contributed by atoms with E-state index >= 15 is 0 Å². The Bertz CT molecular complexity index is 991. The van der Waals surface area contributed by atoms with E-state index in [1.54, 1.807) is 0 Å². The number of nitriles is 1. The molecule has 0 atom stereocenters. The molecule has 3 rings (SSSR count). The Kier molecular flexibility index (Phi) is 3.64. The Balaban J connectivity index is 2.41. The molecule has 0 aliphatic carbocycles. The lowest BCUT2D eigenvalue weighted by Crippen LogP contribution is -2.04. The third-order valence-electron chi connectivity index (χ3n) is 3.64. The first-order valence-electron chi connectivity index (χ1n) is 6.59. The minimum absolute atomic E-state index is 0.0385. The van der Waals surface area contributed by atoms with E-state index < -0.39 is 34.6 Å². The number of hydrogen-bond donors (Lipinski definition) is 2. The van der Waals surface area contributed by atoms with E-state index in [4.69, 9.17) is 5.26 Å². The first-order valence-corrected chi connectivity index (χ1v) is 6.59. The van der Waals surface area contributed by atoms with Gasteiger partial charge in [0, 0.05) is 17.1 Å². The maximum Gasteiger partial charge on any atom is 0.200 e. The van der Waals surface area contributed by atoms with Gasteiger partial charge >= 0.3 is 0 Å². The molecule has 2 aromatic carbocycles. The largest absolute Gasteiger partial charge is 0.507 e. The Morgan fingerprint density at radius 3 is 2.12 bits per heavy atom. The fraction of sp³-hybridized carbons (Fsp3) is 0.0625. The van der Waals surface area contributed by atoms with Crippen molar-refractivity contribution in [2.24, 2.45) is 0 Å². The summed E-state index contributed by atoms with van der Waals surface area (Å²) in [5, 5.41) is 18.7. The second-order valence-corrected chi connectivity index (χ2v) is 4.98. The average molecular weight is 338 g/mol. The number of aromatic hydroxyl groups is 1. The van der Waals surface area contributed by atoms with Crippen LogP contribution in [0.25, 0.3) is 22.0 Å². The van der Waals surface area contributed by atoms with Gasteiger partial charge in [0.15, 0.2) is 23.3 Å². The molecule has 0 saturated carbocycles. The van der Waals surface area contributed by atoms with Crippen LogP contribution in [0.3, 0.4) is 0 Å². The number of halogens is 5. The van der Waals surface area contributed by atoms with E-state index in [9.17, 15) is 27.1 Å². The standard InChI is InChI=1S/C16H7F5N2O/c17-11-10(12(18)14(20)15(21)13(11)19)7-1-2-8(24)9-6(3-4-22)5-23-16(7)9/h1-2,5,23-24H,3H2. The summed E-state index contributed by atoms with van der Waals surface area (Å²) in [4.78, 5) is 2.61. The molecular formula is C16H7F5N2O. The van der Waals surface area contributed by atoms with Crippen LogP contribution in [0.2, 0.25) is 0 Å². The molecule has 3 aromatic rings. The molecule has 8 heteroatoms. The summed E-state index contributed by atoms with van der Waals surface area (Å²) in [7, 11) is 0. The van der Waals surface area contributed by atoms with Gasteiger partial charge in [-0.2, -0.15) is 5.26 Å². The van der Waals surface area contributed by atoms with Gasteiger partial charge in [-0.3, -0.25) is 0 Å². The zero-order valence-electron chi connectivity index (χ0n) is 11.7. The van der Waals surface area contributed by atoms with Crippen molar-refractivity contribution < 1.29 is 27.1 Å². The molecule has 2 N–H and O–H groups in total. The number of nitrogens with zero attached hydrogens (tertiary/aromatic N) is 1. The van der Waals surface area contributed by atoms with Crippen LogP contribution in [0, 0.1) is 40.4 Å². The number of aromatic nitrogens is 1. The summed E-state index contributed by atoms with van der Waals surface area (Å²) in [5.74, 6) is -10.6. The summed E-state index contributed by atoms with van der Waals surface area (Å²) in [6.45, 7) is 0. The van der Waals surface area contributed by atoms with E-state index in [2.05, 4.69) is 4.98 Å². The molecular weight excluding hydrogens is 331 g/mol. The fourth-order valence-electron chi connectivity index (χ4n) is 2.57. The number of phenols is 1. The van der Waals surface area contributed by atoms with Crippen molar-refractivity contribution in [1.29, 1.82) is 5.26 Å². The summed E-state index contributed by atoms with van der Waals surface area (Å²) >= 11 is 0. The van der Waals surface area contributed by atoms with Gasteiger partial charge in [-0.05, 0) is 17.7 Å². The normalized spacial score (nSPS) is 11.0. The third kappa shape index (κ3) is 2.09. The van der Waals surface area contributed by atoms with E-state index in [0.29, 0.717) is 5.56 Å². The van der Waals surface area contributed by atoms with Crippen LogP contribution in [0.1, 0.15) is 5.56 Å². The maximum absolute atomic E-state index is 14.0. The van der Waals surface area contributed by atoms with Crippen molar-refractivity contribution in [3.8, 4) is 22.9 Å². The Morgan fingerprint density at radius 1 is 0.958 bits per heavy atom. The van der Waals surface area contributed by atoms with Gasteiger partial charge in [0.1, 0.15) is 5.75 Å². The fourth-order valence-corrected chi connectivity index (χ4v) is 2.57.